The van der Waals surface area contributed by atoms with Gasteiger partial charge >= 0.3 is 0 Å². The summed E-state index contributed by atoms with van der Waals surface area (Å²) in [6, 6.07) is 0.439. The second kappa shape index (κ2) is 2.97. The van der Waals surface area contributed by atoms with Crippen LogP contribution in [0, 0.1) is 11.3 Å². The van der Waals surface area contributed by atoms with E-state index in [-0.39, 0.29) is 5.41 Å². The van der Waals surface area contributed by atoms with Crippen LogP contribution in [0.3, 0.4) is 0 Å². The highest BCUT2D eigenvalue weighted by Crippen LogP contribution is 2.33. The average molecular weight is 190 g/mol. The minimum absolute atomic E-state index is 0.241. The first-order valence-electron chi connectivity index (χ1n) is 5.16. The van der Waals surface area contributed by atoms with Gasteiger partial charge in [-0.1, -0.05) is 39.0 Å². The molecule has 0 spiro atoms. The van der Waals surface area contributed by atoms with Crippen molar-refractivity contribution in [2.24, 2.45) is 16.4 Å². The normalized spacial score (nSPS) is 30.6. The standard InChI is InChI=1S/C12H18N2/c1-12(2,3)10-6-5-9-8-13-14(4)11(9)7-10/h5-9,11H,1-4H3. The Morgan fingerprint density at radius 3 is 2.71 bits per heavy atom. The van der Waals surface area contributed by atoms with E-state index in [1.165, 1.54) is 5.57 Å². The van der Waals surface area contributed by atoms with Crippen molar-refractivity contribution in [1.82, 2.24) is 5.01 Å². The Balaban J connectivity index is 2.26. The molecule has 1 heterocycles. The van der Waals surface area contributed by atoms with Crippen molar-refractivity contribution in [3.05, 3.63) is 23.8 Å². The van der Waals surface area contributed by atoms with E-state index in [1.807, 2.05) is 18.3 Å². The molecular weight excluding hydrogens is 172 g/mol. The Kier molecular flexibility index (Phi) is 2.02. The highest BCUT2D eigenvalue weighted by Gasteiger charge is 2.29. The van der Waals surface area contributed by atoms with Crippen molar-refractivity contribution in [2.45, 2.75) is 26.8 Å². The molecule has 14 heavy (non-hydrogen) atoms. The van der Waals surface area contributed by atoms with Gasteiger partial charge in [-0.25, -0.2) is 0 Å². The fourth-order valence-corrected chi connectivity index (χ4v) is 1.93. The highest BCUT2D eigenvalue weighted by atomic mass is 15.5. The van der Waals surface area contributed by atoms with Crippen LogP contribution in [0.25, 0.3) is 0 Å². The maximum Gasteiger partial charge on any atom is 0.0766 e. The molecule has 0 fully saturated rings. The van der Waals surface area contributed by atoms with E-state index in [1.54, 1.807) is 0 Å². The molecule has 1 aliphatic carbocycles. The molecule has 0 saturated carbocycles. The number of hydrogen-bond donors (Lipinski definition) is 0. The van der Waals surface area contributed by atoms with Crippen LogP contribution in [-0.4, -0.2) is 24.3 Å². The van der Waals surface area contributed by atoms with Crippen molar-refractivity contribution >= 4 is 6.21 Å². The molecule has 2 rings (SSSR count). The van der Waals surface area contributed by atoms with Gasteiger partial charge in [0.15, 0.2) is 0 Å². The van der Waals surface area contributed by atoms with Gasteiger partial charge in [0.05, 0.1) is 6.04 Å². The number of fused-ring (bicyclic) bond motifs is 1. The van der Waals surface area contributed by atoms with Crippen LogP contribution in [-0.2, 0) is 0 Å². The molecule has 2 heteroatoms. The summed E-state index contributed by atoms with van der Waals surface area (Å²) in [6.07, 6.45) is 8.87. The van der Waals surface area contributed by atoms with Crippen LogP contribution >= 0.6 is 0 Å². The van der Waals surface area contributed by atoms with Gasteiger partial charge in [0.1, 0.15) is 0 Å². The summed E-state index contributed by atoms with van der Waals surface area (Å²) in [5.41, 5.74) is 1.65. The van der Waals surface area contributed by atoms with Crippen LogP contribution < -0.4 is 0 Å². The molecule has 0 aromatic rings. The van der Waals surface area contributed by atoms with Crippen LogP contribution in [0.5, 0.6) is 0 Å². The van der Waals surface area contributed by atoms with E-state index in [0.29, 0.717) is 12.0 Å². The number of likely N-dealkylation sites (N-methyl/N-ethyl adjacent to an activating group) is 1. The SMILES string of the molecule is CN1N=CC2C=CC(C(C)(C)C)=CC21. The molecule has 0 N–H and O–H groups in total. The van der Waals surface area contributed by atoms with Crippen molar-refractivity contribution in [1.29, 1.82) is 0 Å². The molecule has 0 aromatic carbocycles. The molecule has 0 amide bonds. The largest absolute Gasteiger partial charge is 0.293 e. The summed E-state index contributed by atoms with van der Waals surface area (Å²) < 4.78 is 0. The number of allylic oxidation sites excluding steroid dienone is 2. The smallest absolute Gasteiger partial charge is 0.0766 e. The summed E-state index contributed by atoms with van der Waals surface area (Å²) in [5, 5.41) is 6.35. The monoisotopic (exact) mass is 190 g/mol. The fourth-order valence-electron chi connectivity index (χ4n) is 1.93. The second-order valence-electron chi connectivity index (χ2n) is 5.14. The van der Waals surface area contributed by atoms with Gasteiger partial charge < -0.3 is 0 Å². The lowest BCUT2D eigenvalue weighted by molar-refractivity contribution is 0.302. The van der Waals surface area contributed by atoms with E-state index < -0.39 is 0 Å². The lowest BCUT2D eigenvalue weighted by atomic mass is 9.80. The molecule has 76 valence electrons. The average Bonchev–Trinajstić information content (AvgIpc) is 2.46. The molecule has 0 bridgehead atoms. The first-order valence-corrected chi connectivity index (χ1v) is 5.16. The summed E-state index contributed by atoms with van der Waals surface area (Å²) >= 11 is 0. The van der Waals surface area contributed by atoms with Crippen molar-refractivity contribution in [2.75, 3.05) is 7.05 Å². The number of nitrogens with zero attached hydrogens (tertiary/aromatic N) is 2. The van der Waals surface area contributed by atoms with Gasteiger partial charge in [0, 0.05) is 19.2 Å². The topological polar surface area (TPSA) is 15.6 Å². The molecule has 2 aliphatic rings. The lowest BCUT2D eigenvalue weighted by Crippen LogP contribution is -2.29. The molecule has 0 aromatic heterocycles. The van der Waals surface area contributed by atoms with Gasteiger partial charge in [0.2, 0.25) is 0 Å². The third-order valence-electron chi connectivity index (χ3n) is 2.96. The molecule has 0 saturated heterocycles. The predicted molar refractivity (Wildman–Crippen MR) is 60.2 cm³/mol. The van der Waals surface area contributed by atoms with E-state index in [0.717, 1.165) is 0 Å². The van der Waals surface area contributed by atoms with Gasteiger partial charge in [-0.05, 0) is 11.0 Å². The van der Waals surface area contributed by atoms with E-state index in [2.05, 4.69) is 44.1 Å². The Bertz CT molecular complexity index is 318. The van der Waals surface area contributed by atoms with Crippen LogP contribution in [0.4, 0.5) is 0 Å². The highest BCUT2D eigenvalue weighted by molar-refractivity contribution is 5.68. The van der Waals surface area contributed by atoms with E-state index in [9.17, 15) is 0 Å². The third-order valence-corrected chi connectivity index (χ3v) is 2.96. The zero-order valence-corrected chi connectivity index (χ0v) is 9.36. The van der Waals surface area contributed by atoms with E-state index >= 15 is 0 Å². The van der Waals surface area contributed by atoms with Crippen molar-refractivity contribution < 1.29 is 0 Å². The Hall–Kier alpha value is -1.05. The quantitative estimate of drug-likeness (QED) is 0.573. The first kappa shape index (κ1) is 9.50. The van der Waals surface area contributed by atoms with Gasteiger partial charge in [-0.3, -0.25) is 5.01 Å². The molecule has 0 radical (unpaired) electrons. The minimum Gasteiger partial charge on any atom is -0.293 e. The van der Waals surface area contributed by atoms with E-state index in [4.69, 9.17) is 0 Å². The maximum atomic E-state index is 4.31. The zero-order valence-electron chi connectivity index (χ0n) is 9.36. The van der Waals surface area contributed by atoms with Gasteiger partial charge in [-0.2, -0.15) is 5.10 Å². The van der Waals surface area contributed by atoms with Crippen molar-refractivity contribution in [3.63, 3.8) is 0 Å². The summed E-state index contributed by atoms with van der Waals surface area (Å²) in [7, 11) is 2.04. The Morgan fingerprint density at radius 2 is 2.07 bits per heavy atom. The summed E-state index contributed by atoms with van der Waals surface area (Å²) in [6.45, 7) is 6.75. The maximum absolute atomic E-state index is 4.31. The third kappa shape index (κ3) is 1.49. The van der Waals surface area contributed by atoms with Crippen LogP contribution in [0.2, 0.25) is 0 Å². The molecule has 2 atom stereocenters. The minimum atomic E-state index is 0.241. The number of hydrogen-bond acceptors (Lipinski definition) is 2. The van der Waals surface area contributed by atoms with Crippen LogP contribution in [0.1, 0.15) is 20.8 Å². The van der Waals surface area contributed by atoms with Gasteiger partial charge in [-0.15, -0.1) is 0 Å². The van der Waals surface area contributed by atoms with Crippen LogP contribution in [0.15, 0.2) is 28.9 Å². The molecule has 2 unspecified atom stereocenters. The lowest BCUT2D eigenvalue weighted by Gasteiger charge is -2.29. The Morgan fingerprint density at radius 1 is 1.36 bits per heavy atom. The first-order chi connectivity index (χ1) is 6.48. The van der Waals surface area contributed by atoms with Gasteiger partial charge in [0.25, 0.3) is 0 Å². The predicted octanol–water partition coefficient (Wildman–Crippen LogP) is 2.44. The molecule has 1 aliphatic heterocycles. The van der Waals surface area contributed by atoms with Crippen molar-refractivity contribution in [3.8, 4) is 0 Å². The second-order valence-corrected chi connectivity index (χ2v) is 5.14. The number of hydrazone groups is 1. The molecular formula is C12H18N2. The molecule has 2 nitrogen and oxygen atoms in total. The fraction of sp³-hybridized carbons (Fsp3) is 0.583. The Labute approximate surface area is 86.0 Å². The number of rotatable bonds is 0. The zero-order chi connectivity index (χ0) is 10.3. The summed E-state index contributed by atoms with van der Waals surface area (Å²) in [5.74, 6) is 0.478. The summed E-state index contributed by atoms with van der Waals surface area (Å²) in [4.78, 5) is 0.